The van der Waals surface area contributed by atoms with Gasteiger partial charge in [-0.2, -0.15) is 5.26 Å². The summed E-state index contributed by atoms with van der Waals surface area (Å²) in [5, 5.41) is 20.4. The summed E-state index contributed by atoms with van der Waals surface area (Å²) in [6, 6.07) is 21.2. The van der Waals surface area contributed by atoms with Crippen molar-refractivity contribution in [3.05, 3.63) is 95.1 Å². The first-order valence-electron chi connectivity index (χ1n) is 11.1. The molecule has 1 heterocycles. The van der Waals surface area contributed by atoms with Crippen molar-refractivity contribution in [3.63, 3.8) is 0 Å². The maximum Gasteiger partial charge on any atom is 0.300 e. The van der Waals surface area contributed by atoms with Gasteiger partial charge in [-0.15, -0.1) is 0 Å². The molecule has 1 aliphatic rings. The van der Waals surface area contributed by atoms with Gasteiger partial charge in [-0.25, -0.2) is 0 Å². The Bertz CT molecular complexity index is 1350. The Morgan fingerprint density at radius 3 is 2.34 bits per heavy atom. The summed E-state index contributed by atoms with van der Waals surface area (Å²) in [5.74, 6) is -0.823. The van der Waals surface area contributed by atoms with Crippen LogP contribution in [-0.4, -0.2) is 30.0 Å². The number of amides is 1. The molecule has 176 valence electrons. The van der Waals surface area contributed by atoms with E-state index in [0.717, 1.165) is 0 Å². The number of carbonyl (C=O) groups excluding carboxylic acids is 2. The summed E-state index contributed by atoms with van der Waals surface area (Å²) in [4.78, 5) is 27.9. The minimum Gasteiger partial charge on any atom is -0.507 e. The van der Waals surface area contributed by atoms with Crippen LogP contribution in [0.1, 0.15) is 36.6 Å². The van der Waals surface area contributed by atoms with Crippen molar-refractivity contribution in [1.29, 1.82) is 5.26 Å². The molecule has 4 rings (SSSR count). The van der Waals surface area contributed by atoms with Gasteiger partial charge in [0.25, 0.3) is 11.7 Å². The second-order valence-electron chi connectivity index (χ2n) is 8.30. The van der Waals surface area contributed by atoms with E-state index in [1.165, 1.54) is 12.0 Å². The number of aliphatic hydroxyl groups excluding tert-OH is 1. The molecule has 0 bridgehead atoms. The summed E-state index contributed by atoms with van der Waals surface area (Å²) in [6.45, 7) is 3.80. The molecule has 0 radical (unpaired) electrons. The zero-order valence-corrected chi connectivity index (χ0v) is 19.6. The van der Waals surface area contributed by atoms with Gasteiger partial charge in [-0.3, -0.25) is 14.5 Å². The predicted molar refractivity (Wildman–Crippen MR) is 131 cm³/mol. The molecule has 0 saturated carbocycles. The van der Waals surface area contributed by atoms with Gasteiger partial charge in [-0.1, -0.05) is 24.3 Å². The Labute approximate surface area is 203 Å². The normalized spacial score (nSPS) is 16.9. The van der Waals surface area contributed by atoms with Gasteiger partial charge in [0, 0.05) is 11.3 Å². The minimum atomic E-state index is -0.912. The van der Waals surface area contributed by atoms with Crippen LogP contribution in [0.5, 0.6) is 11.5 Å². The molecular formula is C28H24N2O5. The van der Waals surface area contributed by atoms with E-state index in [9.17, 15) is 14.7 Å². The van der Waals surface area contributed by atoms with Crippen LogP contribution in [0.3, 0.4) is 0 Å². The number of ether oxygens (including phenoxy) is 2. The van der Waals surface area contributed by atoms with Gasteiger partial charge in [0.2, 0.25) is 0 Å². The average Bonchev–Trinajstić information content (AvgIpc) is 3.13. The highest BCUT2D eigenvalue weighted by Gasteiger charge is 2.47. The molecule has 1 fully saturated rings. The van der Waals surface area contributed by atoms with Gasteiger partial charge in [-0.05, 0) is 67.9 Å². The molecule has 3 aromatic rings. The third kappa shape index (κ3) is 4.59. The fraction of sp³-hybridized carbons (Fsp3) is 0.179. The topological polar surface area (TPSA) is 99.9 Å². The second-order valence-corrected chi connectivity index (χ2v) is 8.30. The van der Waals surface area contributed by atoms with Crippen LogP contribution in [0, 0.1) is 11.3 Å². The van der Waals surface area contributed by atoms with Gasteiger partial charge in [0.15, 0.2) is 0 Å². The van der Waals surface area contributed by atoms with Crippen molar-refractivity contribution in [3.8, 4) is 17.6 Å². The van der Waals surface area contributed by atoms with E-state index in [4.69, 9.17) is 14.7 Å². The maximum atomic E-state index is 13.3. The Balaban J connectivity index is 1.93. The highest BCUT2D eigenvalue weighted by molar-refractivity contribution is 6.51. The van der Waals surface area contributed by atoms with E-state index in [1.54, 1.807) is 72.8 Å². The SMILES string of the molecule is COc1cccc(/C(O)=C2/C(=O)C(=O)N(c3ccc(C#N)cc3)C2c2cccc(OC(C)C)c2)c1. The first-order valence-corrected chi connectivity index (χ1v) is 11.1. The summed E-state index contributed by atoms with van der Waals surface area (Å²) < 4.78 is 11.1. The van der Waals surface area contributed by atoms with E-state index in [1.807, 2.05) is 19.9 Å². The zero-order chi connectivity index (χ0) is 25.1. The van der Waals surface area contributed by atoms with E-state index >= 15 is 0 Å². The molecule has 0 aliphatic carbocycles. The molecule has 3 aromatic carbocycles. The smallest absolute Gasteiger partial charge is 0.300 e. The lowest BCUT2D eigenvalue weighted by molar-refractivity contribution is -0.132. The average molecular weight is 469 g/mol. The van der Waals surface area contributed by atoms with Crippen LogP contribution < -0.4 is 14.4 Å². The van der Waals surface area contributed by atoms with Crippen molar-refractivity contribution < 1.29 is 24.2 Å². The number of aliphatic hydroxyl groups is 1. The Morgan fingerprint density at radius 2 is 1.69 bits per heavy atom. The predicted octanol–water partition coefficient (Wildman–Crippen LogP) is 4.98. The van der Waals surface area contributed by atoms with Crippen molar-refractivity contribution in [2.24, 2.45) is 0 Å². The number of hydrogen-bond acceptors (Lipinski definition) is 6. The van der Waals surface area contributed by atoms with E-state index in [-0.39, 0.29) is 17.4 Å². The van der Waals surface area contributed by atoms with Crippen LogP contribution in [0.15, 0.2) is 78.4 Å². The second kappa shape index (κ2) is 9.74. The molecule has 1 amide bonds. The van der Waals surface area contributed by atoms with E-state index < -0.39 is 17.7 Å². The van der Waals surface area contributed by atoms with Crippen LogP contribution in [-0.2, 0) is 9.59 Å². The first kappa shape index (κ1) is 23.6. The lowest BCUT2D eigenvalue weighted by Crippen LogP contribution is -2.29. The van der Waals surface area contributed by atoms with Crippen LogP contribution in [0.4, 0.5) is 5.69 Å². The first-order chi connectivity index (χ1) is 16.8. The molecule has 1 saturated heterocycles. The Kier molecular flexibility index (Phi) is 6.56. The number of nitrogens with zero attached hydrogens (tertiary/aromatic N) is 2. The number of carbonyl (C=O) groups is 2. The molecule has 1 unspecified atom stereocenters. The van der Waals surface area contributed by atoms with Crippen molar-refractivity contribution in [2.75, 3.05) is 12.0 Å². The van der Waals surface area contributed by atoms with Crippen LogP contribution in [0.2, 0.25) is 0 Å². The molecule has 1 atom stereocenters. The minimum absolute atomic E-state index is 0.0469. The quantitative estimate of drug-likeness (QED) is 0.311. The molecular weight excluding hydrogens is 444 g/mol. The number of benzene rings is 3. The largest absolute Gasteiger partial charge is 0.507 e. The van der Waals surface area contributed by atoms with Crippen molar-refractivity contribution in [2.45, 2.75) is 26.0 Å². The van der Waals surface area contributed by atoms with Gasteiger partial charge < -0.3 is 14.6 Å². The lowest BCUT2D eigenvalue weighted by atomic mass is 9.95. The molecule has 35 heavy (non-hydrogen) atoms. The van der Waals surface area contributed by atoms with Crippen molar-refractivity contribution >= 4 is 23.1 Å². The molecule has 0 spiro atoms. The van der Waals surface area contributed by atoms with Crippen LogP contribution >= 0.6 is 0 Å². The summed E-state index contributed by atoms with van der Waals surface area (Å²) in [5.41, 5.74) is 1.74. The number of hydrogen-bond donors (Lipinski definition) is 1. The molecule has 1 aliphatic heterocycles. The number of Topliss-reactive ketones (excluding diaryl/α,β-unsaturated/α-hetero) is 1. The van der Waals surface area contributed by atoms with E-state index in [2.05, 4.69) is 0 Å². The number of nitriles is 1. The third-order valence-corrected chi connectivity index (χ3v) is 5.61. The summed E-state index contributed by atoms with van der Waals surface area (Å²) in [6.07, 6.45) is -0.0769. The Morgan fingerprint density at radius 1 is 1.00 bits per heavy atom. The van der Waals surface area contributed by atoms with Gasteiger partial charge in [0.05, 0.1) is 36.5 Å². The molecule has 7 heteroatoms. The number of ketones is 1. The van der Waals surface area contributed by atoms with Crippen molar-refractivity contribution in [1.82, 2.24) is 0 Å². The van der Waals surface area contributed by atoms with Crippen LogP contribution in [0.25, 0.3) is 5.76 Å². The Hall–Kier alpha value is -4.57. The van der Waals surface area contributed by atoms with Gasteiger partial charge in [0.1, 0.15) is 17.3 Å². The van der Waals surface area contributed by atoms with E-state index in [0.29, 0.717) is 33.9 Å². The summed E-state index contributed by atoms with van der Waals surface area (Å²) >= 11 is 0. The molecule has 1 N–H and O–H groups in total. The third-order valence-electron chi connectivity index (χ3n) is 5.61. The fourth-order valence-corrected chi connectivity index (χ4v) is 4.07. The zero-order valence-electron chi connectivity index (χ0n) is 19.6. The molecule has 0 aromatic heterocycles. The maximum absolute atomic E-state index is 13.3. The number of anilines is 1. The highest BCUT2D eigenvalue weighted by Crippen LogP contribution is 2.43. The molecule has 7 nitrogen and oxygen atoms in total. The monoisotopic (exact) mass is 468 g/mol. The number of methoxy groups -OCH3 is 1. The van der Waals surface area contributed by atoms with Gasteiger partial charge >= 0.3 is 0 Å². The standard InChI is InChI=1S/C28H24N2O5/c1-17(2)35-23-9-4-6-19(14-23)25-24(26(31)20-7-5-8-22(15-20)34-3)27(32)28(33)30(25)21-12-10-18(16-29)11-13-21/h4-15,17,25,31H,1-3H3/b26-24-. The fourth-order valence-electron chi connectivity index (χ4n) is 4.07. The summed E-state index contributed by atoms with van der Waals surface area (Å²) in [7, 11) is 1.50. The number of rotatable bonds is 6. The lowest BCUT2D eigenvalue weighted by Gasteiger charge is -2.26. The highest BCUT2D eigenvalue weighted by atomic mass is 16.5.